The number of aryl methyl sites for hydroxylation is 1. The van der Waals surface area contributed by atoms with Crippen LogP contribution in [0, 0.1) is 0 Å². The molecule has 0 aliphatic carbocycles. The second-order valence-electron chi connectivity index (χ2n) is 4.27. The molecule has 6 heteroatoms. The molecule has 1 N–H and O–H groups in total. The first-order valence-electron chi connectivity index (χ1n) is 6.56. The van der Waals surface area contributed by atoms with Gasteiger partial charge in [-0.1, -0.05) is 6.07 Å². The summed E-state index contributed by atoms with van der Waals surface area (Å²) in [6.45, 7) is 4.24. The van der Waals surface area contributed by atoms with E-state index in [1.165, 1.54) is 0 Å². The summed E-state index contributed by atoms with van der Waals surface area (Å²) in [5.74, 6) is 2.53. The standard InChI is InChI=1S/C14H20N4O2/c1-4-18-14(16-10-17-18)9-15-8-11-5-6-12(19-2)7-13(11)20-3/h5-7,10,15H,4,8-9H2,1-3H3. The summed E-state index contributed by atoms with van der Waals surface area (Å²) in [5.41, 5.74) is 1.08. The predicted octanol–water partition coefficient (Wildman–Crippen LogP) is 1.60. The molecule has 0 saturated heterocycles. The molecular weight excluding hydrogens is 256 g/mol. The number of nitrogens with zero attached hydrogens (tertiary/aromatic N) is 3. The van der Waals surface area contributed by atoms with E-state index in [0.717, 1.165) is 29.4 Å². The van der Waals surface area contributed by atoms with Crippen LogP contribution < -0.4 is 14.8 Å². The topological polar surface area (TPSA) is 61.2 Å². The van der Waals surface area contributed by atoms with Crippen molar-refractivity contribution >= 4 is 0 Å². The van der Waals surface area contributed by atoms with Crippen LogP contribution in [-0.2, 0) is 19.6 Å². The van der Waals surface area contributed by atoms with Crippen molar-refractivity contribution in [3.63, 3.8) is 0 Å². The van der Waals surface area contributed by atoms with E-state index < -0.39 is 0 Å². The number of benzene rings is 1. The maximum absolute atomic E-state index is 5.37. The highest BCUT2D eigenvalue weighted by molar-refractivity contribution is 5.40. The highest BCUT2D eigenvalue weighted by Gasteiger charge is 2.06. The van der Waals surface area contributed by atoms with E-state index in [9.17, 15) is 0 Å². The highest BCUT2D eigenvalue weighted by atomic mass is 16.5. The molecule has 0 saturated carbocycles. The molecule has 6 nitrogen and oxygen atoms in total. The van der Waals surface area contributed by atoms with Crippen molar-refractivity contribution in [2.75, 3.05) is 14.2 Å². The zero-order valence-electron chi connectivity index (χ0n) is 12.1. The van der Waals surface area contributed by atoms with Crippen LogP contribution in [-0.4, -0.2) is 29.0 Å². The van der Waals surface area contributed by atoms with Crippen molar-refractivity contribution in [1.29, 1.82) is 0 Å². The average molecular weight is 276 g/mol. The van der Waals surface area contributed by atoms with Gasteiger partial charge in [-0.2, -0.15) is 5.10 Å². The zero-order chi connectivity index (χ0) is 14.4. The molecule has 2 rings (SSSR count). The average Bonchev–Trinajstić information content (AvgIpc) is 2.95. The summed E-state index contributed by atoms with van der Waals surface area (Å²) in [5, 5.41) is 7.49. The van der Waals surface area contributed by atoms with E-state index in [1.54, 1.807) is 20.5 Å². The van der Waals surface area contributed by atoms with Crippen LogP contribution in [0.2, 0.25) is 0 Å². The Morgan fingerprint density at radius 2 is 2.05 bits per heavy atom. The van der Waals surface area contributed by atoms with Crippen LogP contribution in [0.5, 0.6) is 11.5 Å². The van der Waals surface area contributed by atoms with Gasteiger partial charge in [0.2, 0.25) is 0 Å². The first kappa shape index (κ1) is 14.3. The smallest absolute Gasteiger partial charge is 0.140 e. The van der Waals surface area contributed by atoms with Gasteiger partial charge in [-0.25, -0.2) is 9.67 Å². The minimum atomic E-state index is 0.670. The number of methoxy groups -OCH3 is 2. The lowest BCUT2D eigenvalue weighted by Crippen LogP contribution is -2.17. The lowest BCUT2D eigenvalue weighted by molar-refractivity contribution is 0.389. The molecule has 20 heavy (non-hydrogen) atoms. The van der Waals surface area contributed by atoms with Crippen LogP contribution in [0.25, 0.3) is 0 Å². The van der Waals surface area contributed by atoms with E-state index in [4.69, 9.17) is 9.47 Å². The second-order valence-corrected chi connectivity index (χ2v) is 4.27. The fourth-order valence-corrected chi connectivity index (χ4v) is 2.00. The monoisotopic (exact) mass is 276 g/mol. The van der Waals surface area contributed by atoms with Crippen LogP contribution in [0.3, 0.4) is 0 Å². The molecule has 0 amide bonds. The van der Waals surface area contributed by atoms with Gasteiger partial charge in [0.05, 0.1) is 20.8 Å². The molecular formula is C14H20N4O2. The molecule has 0 atom stereocenters. The SMILES string of the molecule is CCn1ncnc1CNCc1ccc(OC)cc1OC. The van der Waals surface area contributed by atoms with Crippen molar-refractivity contribution in [2.45, 2.75) is 26.6 Å². The van der Waals surface area contributed by atoms with E-state index in [-0.39, 0.29) is 0 Å². The van der Waals surface area contributed by atoms with Crippen molar-refractivity contribution in [3.05, 3.63) is 35.9 Å². The minimum Gasteiger partial charge on any atom is -0.497 e. The predicted molar refractivity (Wildman–Crippen MR) is 75.8 cm³/mol. The zero-order valence-corrected chi connectivity index (χ0v) is 12.1. The van der Waals surface area contributed by atoms with Gasteiger partial charge < -0.3 is 14.8 Å². The molecule has 2 aromatic rings. The van der Waals surface area contributed by atoms with Crippen molar-refractivity contribution < 1.29 is 9.47 Å². The Kier molecular flexibility index (Phi) is 4.95. The van der Waals surface area contributed by atoms with Gasteiger partial charge in [0.1, 0.15) is 23.7 Å². The van der Waals surface area contributed by atoms with Gasteiger partial charge in [-0.3, -0.25) is 0 Å². The third kappa shape index (κ3) is 3.27. The van der Waals surface area contributed by atoms with Gasteiger partial charge in [0.15, 0.2) is 0 Å². The van der Waals surface area contributed by atoms with E-state index in [2.05, 4.69) is 15.4 Å². The van der Waals surface area contributed by atoms with E-state index >= 15 is 0 Å². The summed E-state index contributed by atoms with van der Waals surface area (Å²) in [7, 11) is 3.30. The first-order valence-corrected chi connectivity index (χ1v) is 6.56. The Hall–Kier alpha value is -2.08. The molecule has 1 heterocycles. The molecule has 0 unspecified atom stereocenters. The van der Waals surface area contributed by atoms with Crippen molar-refractivity contribution in [3.8, 4) is 11.5 Å². The fraction of sp³-hybridized carbons (Fsp3) is 0.429. The van der Waals surface area contributed by atoms with Crippen LogP contribution in [0.4, 0.5) is 0 Å². The van der Waals surface area contributed by atoms with Crippen LogP contribution in [0.15, 0.2) is 24.5 Å². The maximum Gasteiger partial charge on any atom is 0.140 e. The molecule has 0 spiro atoms. The Bertz CT molecular complexity index is 554. The molecule has 1 aromatic heterocycles. The molecule has 1 aromatic carbocycles. The Labute approximate surface area is 118 Å². The highest BCUT2D eigenvalue weighted by Crippen LogP contribution is 2.24. The molecule has 0 bridgehead atoms. The van der Waals surface area contributed by atoms with E-state index in [0.29, 0.717) is 13.1 Å². The first-order chi connectivity index (χ1) is 9.78. The van der Waals surface area contributed by atoms with Crippen LogP contribution >= 0.6 is 0 Å². The quantitative estimate of drug-likeness (QED) is 0.832. The van der Waals surface area contributed by atoms with Crippen molar-refractivity contribution in [1.82, 2.24) is 20.1 Å². The number of hydrogen-bond acceptors (Lipinski definition) is 5. The Balaban J connectivity index is 1.97. The fourth-order valence-electron chi connectivity index (χ4n) is 2.00. The van der Waals surface area contributed by atoms with E-state index in [1.807, 2.05) is 29.8 Å². The van der Waals surface area contributed by atoms with Crippen LogP contribution in [0.1, 0.15) is 18.3 Å². The summed E-state index contributed by atoms with van der Waals surface area (Å²) in [4.78, 5) is 4.23. The molecule has 0 aliphatic heterocycles. The van der Waals surface area contributed by atoms with Gasteiger partial charge in [-0.15, -0.1) is 0 Å². The summed E-state index contributed by atoms with van der Waals surface area (Å²) < 4.78 is 12.4. The number of rotatable bonds is 7. The second kappa shape index (κ2) is 6.91. The number of nitrogens with one attached hydrogen (secondary N) is 1. The Morgan fingerprint density at radius 3 is 2.75 bits per heavy atom. The maximum atomic E-state index is 5.37. The lowest BCUT2D eigenvalue weighted by atomic mass is 10.2. The number of hydrogen-bond donors (Lipinski definition) is 1. The largest absolute Gasteiger partial charge is 0.497 e. The molecule has 108 valence electrons. The summed E-state index contributed by atoms with van der Waals surface area (Å²) in [6, 6.07) is 5.80. The Morgan fingerprint density at radius 1 is 1.20 bits per heavy atom. The molecule has 0 fully saturated rings. The third-order valence-corrected chi connectivity index (χ3v) is 3.09. The summed E-state index contributed by atoms with van der Waals surface area (Å²) >= 11 is 0. The molecule has 0 aliphatic rings. The normalized spacial score (nSPS) is 10.6. The third-order valence-electron chi connectivity index (χ3n) is 3.09. The van der Waals surface area contributed by atoms with Gasteiger partial charge in [-0.05, 0) is 13.0 Å². The molecule has 0 radical (unpaired) electrons. The number of aromatic nitrogens is 3. The van der Waals surface area contributed by atoms with Gasteiger partial charge in [0.25, 0.3) is 0 Å². The van der Waals surface area contributed by atoms with Crippen molar-refractivity contribution in [2.24, 2.45) is 0 Å². The lowest BCUT2D eigenvalue weighted by Gasteiger charge is -2.11. The minimum absolute atomic E-state index is 0.670. The van der Waals surface area contributed by atoms with Gasteiger partial charge >= 0.3 is 0 Å². The van der Waals surface area contributed by atoms with Gasteiger partial charge in [0, 0.05) is 24.7 Å². The summed E-state index contributed by atoms with van der Waals surface area (Å²) in [6.07, 6.45) is 1.58. The number of ether oxygens (including phenoxy) is 2.